The second-order valence-corrected chi connectivity index (χ2v) is 8.10. The van der Waals surface area contributed by atoms with Crippen LogP contribution in [0, 0.1) is 0 Å². The normalized spacial score (nSPS) is 13.6. The van der Waals surface area contributed by atoms with Crippen molar-refractivity contribution >= 4 is 27.7 Å². The molecule has 7 nitrogen and oxygen atoms in total. The lowest BCUT2D eigenvalue weighted by Crippen LogP contribution is -2.50. The standard InChI is InChI=1S/C23H27BrN2O5/c1-29-20-13-17(14-21(16-20)30-2)23(28)26-10-8-25(9-11-26)22(27)7-4-12-31-19-6-3-5-18(24)15-19/h3,5-6,13-16H,4,7-12H2,1-2H3. The molecule has 0 spiro atoms. The van der Waals surface area contributed by atoms with E-state index in [9.17, 15) is 9.59 Å². The van der Waals surface area contributed by atoms with Crippen molar-refractivity contribution in [2.45, 2.75) is 12.8 Å². The van der Waals surface area contributed by atoms with Crippen molar-refractivity contribution in [3.63, 3.8) is 0 Å². The first kappa shape index (κ1) is 22.9. The van der Waals surface area contributed by atoms with Gasteiger partial charge in [-0.1, -0.05) is 22.0 Å². The van der Waals surface area contributed by atoms with Gasteiger partial charge >= 0.3 is 0 Å². The number of amides is 2. The number of ether oxygens (including phenoxy) is 3. The van der Waals surface area contributed by atoms with E-state index in [2.05, 4.69) is 15.9 Å². The van der Waals surface area contributed by atoms with E-state index in [1.165, 1.54) is 0 Å². The van der Waals surface area contributed by atoms with Gasteiger partial charge in [0, 0.05) is 48.7 Å². The number of hydrogen-bond acceptors (Lipinski definition) is 5. The fourth-order valence-corrected chi connectivity index (χ4v) is 3.78. The molecule has 2 aromatic rings. The van der Waals surface area contributed by atoms with Crippen molar-refractivity contribution in [2.75, 3.05) is 47.0 Å². The summed E-state index contributed by atoms with van der Waals surface area (Å²) in [7, 11) is 3.11. The number of halogens is 1. The average molecular weight is 491 g/mol. The van der Waals surface area contributed by atoms with Crippen molar-refractivity contribution in [2.24, 2.45) is 0 Å². The van der Waals surface area contributed by atoms with Gasteiger partial charge in [0.1, 0.15) is 17.2 Å². The Balaban J connectivity index is 1.44. The molecule has 1 saturated heterocycles. The number of carbonyl (C=O) groups is 2. The van der Waals surface area contributed by atoms with Gasteiger partial charge in [-0.2, -0.15) is 0 Å². The molecule has 0 bridgehead atoms. The molecule has 1 fully saturated rings. The molecule has 0 N–H and O–H groups in total. The van der Waals surface area contributed by atoms with E-state index in [0.29, 0.717) is 62.7 Å². The first-order valence-corrected chi connectivity index (χ1v) is 11.0. The highest BCUT2D eigenvalue weighted by atomic mass is 79.9. The minimum absolute atomic E-state index is 0.0907. The van der Waals surface area contributed by atoms with Crippen LogP contribution in [0.3, 0.4) is 0 Å². The number of methoxy groups -OCH3 is 2. The highest BCUT2D eigenvalue weighted by molar-refractivity contribution is 9.10. The van der Waals surface area contributed by atoms with Crippen LogP contribution in [-0.2, 0) is 4.79 Å². The Hall–Kier alpha value is -2.74. The quantitative estimate of drug-likeness (QED) is 0.528. The first-order valence-electron chi connectivity index (χ1n) is 10.2. The molecule has 0 radical (unpaired) electrons. The van der Waals surface area contributed by atoms with E-state index >= 15 is 0 Å². The summed E-state index contributed by atoms with van der Waals surface area (Å²) < 4.78 is 17.1. The third-order valence-corrected chi connectivity index (χ3v) is 5.61. The Morgan fingerprint density at radius 2 is 1.55 bits per heavy atom. The van der Waals surface area contributed by atoms with Gasteiger partial charge in [-0.3, -0.25) is 9.59 Å². The largest absolute Gasteiger partial charge is 0.497 e. The highest BCUT2D eigenvalue weighted by Gasteiger charge is 2.25. The van der Waals surface area contributed by atoms with Gasteiger partial charge in [0.05, 0.1) is 20.8 Å². The summed E-state index contributed by atoms with van der Waals surface area (Å²) >= 11 is 3.41. The van der Waals surface area contributed by atoms with Gasteiger partial charge in [-0.15, -0.1) is 0 Å². The fraction of sp³-hybridized carbons (Fsp3) is 0.391. The maximum atomic E-state index is 12.9. The lowest BCUT2D eigenvalue weighted by Gasteiger charge is -2.35. The summed E-state index contributed by atoms with van der Waals surface area (Å²) in [4.78, 5) is 28.9. The number of carbonyl (C=O) groups excluding carboxylic acids is 2. The summed E-state index contributed by atoms with van der Waals surface area (Å²) in [5.74, 6) is 1.92. The maximum absolute atomic E-state index is 12.9. The van der Waals surface area contributed by atoms with Crippen LogP contribution in [-0.4, -0.2) is 68.6 Å². The Morgan fingerprint density at radius 3 is 2.16 bits per heavy atom. The second-order valence-electron chi connectivity index (χ2n) is 7.18. The molecule has 8 heteroatoms. The van der Waals surface area contributed by atoms with E-state index in [4.69, 9.17) is 14.2 Å². The molecule has 0 unspecified atom stereocenters. The average Bonchev–Trinajstić information content (AvgIpc) is 2.81. The number of nitrogens with zero attached hydrogens (tertiary/aromatic N) is 2. The van der Waals surface area contributed by atoms with Gasteiger partial charge in [0.2, 0.25) is 5.91 Å². The number of hydrogen-bond donors (Lipinski definition) is 0. The van der Waals surface area contributed by atoms with Gasteiger partial charge in [0.15, 0.2) is 0 Å². The van der Waals surface area contributed by atoms with Crippen molar-refractivity contribution in [1.82, 2.24) is 9.80 Å². The molecule has 0 saturated carbocycles. The van der Waals surface area contributed by atoms with Crippen molar-refractivity contribution in [3.05, 3.63) is 52.5 Å². The van der Waals surface area contributed by atoms with Gasteiger partial charge < -0.3 is 24.0 Å². The van der Waals surface area contributed by atoms with E-state index in [-0.39, 0.29) is 11.8 Å². The summed E-state index contributed by atoms with van der Waals surface area (Å²) in [6, 6.07) is 12.8. The third-order valence-electron chi connectivity index (χ3n) is 5.12. The molecule has 0 atom stereocenters. The van der Waals surface area contributed by atoms with Crippen LogP contribution in [0.5, 0.6) is 17.2 Å². The topological polar surface area (TPSA) is 68.3 Å². The van der Waals surface area contributed by atoms with E-state index in [1.807, 2.05) is 29.2 Å². The zero-order valence-corrected chi connectivity index (χ0v) is 19.4. The lowest BCUT2D eigenvalue weighted by atomic mass is 10.1. The molecule has 2 aromatic carbocycles. The van der Waals surface area contributed by atoms with Crippen LogP contribution in [0.4, 0.5) is 0 Å². The molecule has 2 amide bonds. The maximum Gasteiger partial charge on any atom is 0.254 e. The van der Waals surface area contributed by atoms with Crippen LogP contribution >= 0.6 is 15.9 Å². The predicted molar refractivity (Wildman–Crippen MR) is 121 cm³/mol. The van der Waals surface area contributed by atoms with Crippen LogP contribution in [0.15, 0.2) is 46.9 Å². The minimum Gasteiger partial charge on any atom is -0.497 e. The molecule has 166 valence electrons. The van der Waals surface area contributed by atoms with E-state index in [1.54, 1.807) is 37.3 Å². The Morgan fingerprint density at radius 1 is 0.903 bits per heavy atom. The Labute approximate surface area is 191 Å². The molecular weight excluding hydrogens is 464 g/mol. The summed E-state index contributed by atoms with van der Waals surface area (Å²) in [6.45, 7) is 2.53. The van der Waals surface area contributed by atoms with Crippen LogP contribution in [0.2, 0.25) is 0 Å². The van der Waals surface area contributed by atoms with Crippen molar-refractivity contribution in [3.8, 4) is 17.2 Å². The molecule has 0 aromatic heterocycles. The van der Waals surface area contributed by atoms with Gasteiger partial charge in [-0.25, -0.2) is 0 Å². The lowest BCUT2D eigenvalue weighted by molar-refractivity contribution is -0.132. The Bertz CT molecular complexity index is 890. The zero-order valence-electron chi connectivity index (χ0n) is 17.8. The van der Waals surface area contributed by atoms with Crippen molar-refractivity contribution < 1.29 is 23.8 Å². The minimum atomic E-state index is -0.0910. The molecule has 31 heavy (non-hydrogen) atoms. The fourth-order valence-electron chi connectivity index (χ4n) is 3.40. The highest BCUT2D eigenvalue weighted by Crippen LogP contribution is 2.24. The summed E-state index contributed by atoms with van der Waals surface area (Å²) in [5.41, 5.74) is 0.515. The van der Waals surface area contributed by atoms with Gasteiger partial charge in [-0.05, 0) is 36.8 Å². The molecular formula is C23H27BrN2O5. The second kappa shape index (κ2) is 11.0. The van der Waals surface area contributed by atoms with Gasteiger partial charge in [0.25, 0.3) is 5.91 Å². The van der Waals surface area contributed by atoms with E-state index in [0.717, 1.165) is 10.2 Å². The smallest absolute Gasteiger partial charge is 0.254 e. The predicted octanol–water partition coefficient (Wildman–Crippen LogP) is 3.61. The summed E-state index contributed by atoms with van der Waals surface area (Å²) in [6.07, 6.45) is 1.07. The van der Waals surface area contributed by atoms with Crippen molar-refractivity contribution in [1.29, 1.82) is 0 Å². The van der Waals surface area contributed by atoms with E-state index < -0.39 is 0 Å². The SMILES string of the molecule is COc1cc(OC)cc(C(=O)N2CCN(C(=O)CCCOc3cccc(Br)c3)CC2)c1. The zero-order chi connectivity index (χ0) is 22.2. The third kappa shape index (κ3) is 6.37. The van der Waals surface area contributed by atoms with Crippen LogP contribution in [0.1, 0.15) is 23.2 Å². The number of piperazine rings is 1. The van der Waals surface area contributed by atoms with Crippen LogP contribution < -0.4 is 14.2 Å². The first-order chi connectivity index (χ1) is 15.0. The molecule has 1 aliphatic rings. The molecule has 0 aliphatic carbocycles. The number of rotatable bonds is 8. The molecule has 1 aliphatic heterocycles. The molecule has 3 rings (SSSR count). The Kier molecular flexibility index (Phi) is 8.17. The number of benzene rings is 2. The molecule has 1 heterocycles. The van der Waals surface area contributed by atoms with Crippen LogP contribution in [0.25, 0.3) is 0 Å². The monoisotopic (exact) mass is 490 g/mol. The summed E-state index contributed by atoms with van der Waals surface area (Å²) in [5, 5.41) is 0.